The van der Waals surface area contributed by atoms with Gasteiger partial charge in [-0.05, 0) is 49.6 Å². The number of amides is 1. The van der Waals surface area contributed by atoms with E-state index in [0.717, 1.165) is 18.3 Å². The first kappa shape index (κ1) is 22.4. The molecular weight excluding hydrogens is 464 g/mol. The van der Waals surface area contributed by atoms with Crippen molar-refractivity contribution in [2.75, 3.05) is 4.72 Å². The largest absolute Gasteiger partial charge is 0.416 e. The number of rotatable bonds is 5. The van der Waals surface area contributed by atoms with Gasteiger partial charge in [0.1, 0.15) is 4.90 Å². The van der Waals surface area contributed by atoms with Crippen LogP contribution in [0.3, 0.4) is 0 Å². The summed E-state index contributed by atoms with van der Waals surface area (Å²) in [5, 5.41) is 2.43. The standard InChI is InChI=1S/C19H15F6N3O3S/c20-18(21,22)11-3-4-13(14(6-11)28-32(30,31)12-2-1-5-26-7-12)15(29)27-17-8-16(9-17,10-17)19(23,24)25/h1-7,28H,8-10H2,(H,27,29). The highest BCUT2D eigenvalue weighted by Crippen LogP contribution is 2.73. The average Bonchev–Trinajstić information content (AvgIpc) is 2.62. The van der Waals surface area contributed by atoms with Gasteiger partial charge in [-0.3, -0.25) is 14.5 Å². The van der Waals surface area contributed by atoms with Gasteiger partial charge in [0.05, 0.1) is 22.2 Å². The van der Waals surface area contributed by atoms with Gasteiger partial charge in [-0.25, -0.2) is 8.42 Å². The smallest absolute Gasteiger partial charge is 0.346 e. The molecule has 2 N–H and O–H groups in total. The van der Waals surface area contributed by atoms with Crippen molar-refractivity contribution >= 4 is 21.6 Å². The molecule has 0 atom stereocenters. The monoisotopic (exact) mass is 479 g/mol. The summed E-state index contributed by atoms with van der Waals surface area (Å²) in [6.45, 7) is 0. The summed E-state index contributed by atoms with van der Waals surface area (Å²) in [7, 11) is -4.39. The van der Waals surface area contributed by atoms with E-state index in [1.165, 1.54) is 12.3 Å². The van der Waals surface area contributed by atoms with Crippen molar-refractivity contribution in [2.24, 2.45) is 5.41 Å². The number of benzene rings is 1. The third-order valence-corrected chi connectivity index (χ3v) is 7.14. The lowest BCUT2D eigenvalue weighted by Crippen LogP contribution is -2.78. The molecule has 2 aromatic rings. The van der Waals surface area contributed by atoms with Crippen LogP contribution in [0.25, 0.3) is 0 Å². The Morgan fingerprint density at radius 2 is 1.69 bits per heavy atom. The Labute approximate surface area is 178 Å². The molecule has 3 fully saturated rings. The molecule has 3 aliphatic rings. The van der Waals surface area contributed by atoms with Crippen molar-refractivity contribution in [2.45, 2.75) is 42.0 Å². The van der Waals surface area contributed by atoms with Gasteiger partial charge in [0.25, 0.3) is 15.9 Å². The topological polar surface area (TPSA) is 88.2 Å². The fourth-order valence-corrected chi connectivity index (χ4v) is 5.28. The van der Waals surface area contributed by atoms with Crippen LogP contribution < -0.4 is 10.0 Å². The summed E-state index contributed by atoms with van der Waals surface area (Å²) < 4.78 is 106. The van der Waals surface area contributed by atoms with Crippen LogP contribution in [0.5, 0.6) is 0 Å². The molecule has 1 aromatic heterocycles. The van der Waals surface area contributed by atoms with E-state index in [0.29, 0.717) is 12.1 Å². The lowest BCUT2D eigenvalue weighted by Gasteiger charge is -2.70. The number of nitrogens with one attached hydrogen (secondary N) is 2. The van der Waals surface area contributed by atoms with Crippen molar-refractivity contribution in [3.8, 4) is 0 Å². The highest BCUT2D eigenvalue weighted by atomic mass is 32.2. The fraction of sp³-hybridized carbons (Fsp3) is 0.368. The predicted octanol–water partition coefficient (Wildman–Crippen LogP) is 4.12. The van der Waals surface area contributed by atoms with Gasteiger partial charge in [-0.2, -0.15) is 26.3 Å². The Kier molecular flexibility index (Phi) is 4.78. The van der Waals surface area contributed by atoms with E-state index in [4.69, 9.17) is 0 Å². The summed E-state index contributed by atoms with van der Waals surface area (Å²) in [5.41, 5.74) is -5.26. The number of aromatic nitrogens is 1. The summed E-state index contributed by atoms with van der Waals surface area (Å²) in [5.74, 6) is -0.974. The molecule has 1 amide bonds. The molecular formula is C19H15F6N3O3S. The minimum Gasteiger partial charge on any atom is -0.346 e. The molecule has 0 saturated heterocycles. The summed E-state index contributed by atoms with van der Waals surface area (Å²) >= 11 is 0. The zero-order chi connectivity index (χ0) is 23.6. The number of carbonyl (C=O) groups excluding carboxylic acids is 1. The maximum atomic E-state index is 13.2. The third-order valence-electron chi connectivity index (χ3n) is 5.79. The number of hydrogen-bond acceptors (Lipinski definition) is 4. The first-order valence-electron chi connectivity index (χ1n) is 9.20. The number of halogens is 6. The second-order valence-electron chi connectivity index (χ2n) is 8.10. The van der Waals surface area contributed by atoms with E-state index in [-0.39, 0.29) is 24.2 Å². The molecule has 172 valence electrons. The first-order valence-corrected chi connectivity index (χ1v) is 10.7. The molecule has 5 rings (SSSR count). The lowest BCUT2D eigenvalue weighted by atomic mass is 9.39. The normalized spacial score (nSPS) is 24.8. The zero-order valence-corrected chi connectivity index (χ0v) is 16.8. The second kappa shape index (κ2) is 6.83. The molecule has 0 unspecified atom stereocenters. The molecule has 0 aliphatic heterocycles. The highest BCUT2D eigenvalue weighted by Gasteiger charge is 2.79. The number of sulfonamides is 1. The number of nitrogens with zero attached hydrogens (tertiary/aromatic N) is 1. The SMILES string of the molecule is O=C(NC12CC(C(F)(F)F)(C1)C2)c1ccc(C(F)(F)F)cc1NS(=O)(=O)c1cccnc1. The van der Waals surface area contributed by atoms with Gasteiger partial charge >= 0.3 is 12.4 Å². The van der Waals surface area contributed by atoms with Gasteiger partial charge in [0, 0.05) is 17.9 Å². The van der Waals surface area contributed by atoms with Gasteiger partial charge in [0.2, 0.25) is 0 Å². The third kappa shape index (κ3) is 3.67. The maximum absolute atomic E-state index is 13.2. The van der Waals surface area contributed by atoms with E-state index in [2.05, 4.69) is 10.3 Å². The van der Waals surface area contributed by atoms with Crippen LogP contribution >= 0.6 is 0 Å². The second-order valence-corrected chi connectivity index (χ2v) is 9.78. The van der Waals surface area contributed by atoms with E-state index in [9.17, 15) is 39.6 Å². The molecule has 1 heterocycles. The maximum Gasteiger partial charge on any atom is 0.416 e. The number of hydrogen-bond donors (Lipinski definition) is 2. The molecule has 0 spiro atoms. The molecule has 6 nitrogen and oxygen atoms in total. The molecule has 1 aromatic carbocycles. The van der Waals surface area contributed by atoms with Crippen LogP contribution in [-0.2, 0) is 16.2 Å². The quantitative estimate of drug-likeness (QED) is 0.632. The van der Waals surface area contributed by atoms with Gasteiger partial charge in [0.15, 0.2) is 0 Å². The van der Waals surface area contributed by atoms with Crippen LogP contribution in [0.2, 0.25) is 0 Å². The van der Waals surface area contributed by atoms with E-state index >= 15 is 0 Å². The van der Waals surface area contributed by atoms with Crippen LogP contribution in [0, 0.1) is 5.41 Å². The van der Waals surface area contributed by atoms with Crippen molar-refractivity contribution in [1.29, 1.82) is 0 Å². The van der Waals surface area contributed by atoms with Gasteiger partial charge < -0.3 is 5.32 Å². The van der Waals surface area contributed by atoms with Gasteiger partial charge in [-0.1, -0.05) is 0 Å². The Hall–Kier alpha value is -2.83. The molecule has 0 radical (unpaired) electrons. The number of alkyl halides is 6. The van der Waals surface area contributed by atoms with Crippen LogP contribution in [0.1, 0.15) is 35.2 Å². The van der Waals surface area contributed by atoms with Crippen LogP contribution in [0.4, 0.5) is 32.0 Å². The molecule has 3 saturated carbocycles. The van der Waals surface area contributed by atoms with Crippen molar-refractivity contribution in [3.63, 3.8) is 0 Å². The van der Waals surface area contributed by atoms with E-state index < -0.39 is 56.1 Å². The average molecular weight is 479 g/mol. The van der Waals surface area contributed by atoms with Crippen molar-refractivity contribution in [1.82, 2.24) is 10.3 Å². The Bertz CT molecular complexity index is 1160. The van der Waals surface area contributed by atoms with E-state index in [1.807, 2.05) is 4.72 Å². The van der Waals surface area contributed by atoms with Crippen molar-refractivity contribution < 1.29 is 39.6 Å². The fourth-order valence-electron chi connectivity index (χ4n) is 4.24. The molecule has 32 heavy (non-hydrogen) atoms. The Morgan fingerprint density at radius 3 is 2.22 bits per heavy atom. The molecule has 3 aliphatic carbocycles. The van der Waals surface area contributed by atoms with Crippen LogP contribution in [0.15, 0.2) is 47.6 Å². The lowest BCUT2D eigenvalue weighted by molar-refractivity contribution is -0.336. The van der Waals surface area contributed by atoms with E-state index in [1.54, 1.807) is 0 Å². The number of carbonyl (C=O) groups is 1. The first-order chi connectivity index (χ1) is 14.7. The minimum atomic E-state index is -4.82. The molecule has 13 heteroatoms. The highest BCUT2D eigenvalue weighted by molar-refractivity contribution is 7.92. The summed E-state index contributed by atoms with van der Waals surface area (Å²) in [6, 6.07) is 4.29. The van der Waals surface area contributed by atoms with Crippen LogP contribution in [-0.4, -0.2) is 31.0 Å². The minimum absolute atomic E-state index is 0.327. The van der Waals surface area contributed by atoms with Gasteiger partial charge in [-0.15, -0.1) is 0 Å². The summed E-state index contributed by atoms with van der Waals surface area (Å²) in [6.07, 6.45) is -7.95. The Balaban J connectivity index is 1.62. The Morgan fingerprint density at radius 1 is 1.03 bits per heavy atom. The number of pyridine rings is 1. The molecule has 2 bridgehead atoms. The predicted molar refractivity (Wildman–Crippen MR) is 99.0 cm³/mol. The zero-order valence-electron chi connectivity index (χ0n) is 16.0. The number of anilines is 1. The summed E-state index contributed by atoms with van der Waals surface area (Å²) in [4.78, 5) is 16.0. The van der Waals surface area contributed by atoms with Crippen molar-refractivity contribution in [3.05, 3.63) is 53.9 Å².